The van der Waals surface area contributed by atoms with Gasteiger partial charge in [-0.2, -0.15) is 0 Å². The Bertz CT molecular complexity index is 145. The fraction of sp³-hybridized carbons (Fsp3) is 0.889. The lowest BCUT2D eigenvalue weighted by Crippen LogP contribution is -2.42. The van der Waals surface area contributed by atoms with E-state index in [2.05, 4.69) is 32.7 Å². The number of rotatable bonds is 5. The first-order valence-electron chi connectivity index (χ1n) is 4.48. The Morgan fingerprint density at radius 3 is 2.25 bits per heavy atom. The van der Waals surface area contributed by atoms with Crippen LogP contribution in [0.25, 0.3) is 0 Å². The van der Waals surface area contributed by atoms with Gasteiger partial charge in [0, 0.05) is 6.54 Å². The summed E-state index contributed by atoms with van der Waals surface area (Å²) >= 11 is 4.98. The molecular weight excluding hydrogens is 168 g/mol. The van der Waals surface area contributed by atoms with Crippen LogP contribution in [0.15, 0.2) is 0 Å². The second kappa shape index (κ2) is 5.49. The molecule has 2 N–H and O–H groups in total. The molecule has 1 unspecified atom stereocenters. The van der Waals surface area contributed by atoms with Gasteiger partial charge in [-0.25, -0.2) is 0 Å². The van der Waals surface area contributed by atoms with Crippen molar-refractivity contribution in [2.45, 2.75) is 33.2 Å². The molecule has 0 aliphatic rings. The zero-order valence-electron chi connectivity index (χ0n) is 8.50. The highest BCUT2D eigenvalue weighted by molar-refractivity contribution is 7.80. The summed E-state index contributed by atoms with van der Waals surface area (Å²) in [5.41, 5.74) is 5.61. The Hall–Kier alpha value is -0.150. The second-order valence-corrected chi connectivity index (χ2v) is 4.13. The largest absolute Gasteiger partial charge is 0.392 e. The van der Waals surface area contributed by atoms with Crippen molar-refractivity contribution in [2.75, 3.05) is 13.6 Å². The molecule has 0 amide bonds. The van der Waals surface area contributed by atoms with Gasteiger partial charge in [0.25, 0.3) is 0 Å². The summed E-state index contributed by atoms with van der Waals surface area (Å²) in [4.78, 5) is 2.84. The SMILES string of the molecule is CCC(C(N)=S)N(C)CC(C)C. The van der Waals surface area contributed by atoms with E-state index in [0.717, 1.165) is 13.0 Å². The van der Waals surface area contributed by atoms with Crippen LogP contribution < -0.4 is 5.73 Å². The summed E-state index contributed by atoms with van der Waals surface area (Å²) in [6.07, 6.45) is 0.999. The summed E-state index contributed by atoms with van der Waals surface area (Å²) in [7, 11) is 2.08. The van der Waals surface area contributed by atoms with E-state index < -0.39 is 0 Å². The zero-order chi connectivity index (χ0) is 9.72. The second-order valence-electron chi connectivity index (χ2n) is 3.66. The average molecular weight is 188 g/mol. The van der Waals surface area contributed by atoms with Gasteiger partial charge < -0.3 is 5.73 Å². The molecule has 0 saturated heterocycles. The van der Waals surface area contributed by atoms with E-state index in [4.69, 9.17) is 18.0 Å². The molecule has 0 saturated carbocycles. The minimum Gasteiger partial charge on any atom is -0.392 e. The predicted molar refractivity (Wildman–Crippen MR) is 58.3 cm³/mol. The van der Waals surface area contributed by atoms with Crippen molar-refractivity contribution >= 4 is 17.2 Å². The van der Waals surface area contributed by atoms with Gasteiger partial charge in [0.05, 0.1) is 11.0 Å². The topological polar surface area (TPSA) is 29.3 Å². The number of nitrogens with two attached hydrogens (primary N) is 1. The van der Waals surface area contributed by atoms with E-state index in [1.54, 1.807) is 0 Å². The number of likely N-dealkylation sites (N-methyl/N-ethyl adjacent to an activating group) is 1. The number of hydrogen-bond donors (Lipinski definition) is 1. The smallest absolute Gasteiger partial charge is 0.0901 e. The Morgan fingerprint density at radius 1 is 1.50 bits per heavy atom. The monoisotopic (exact) mass is 188 g/mol. The standard InChI is InChI=1S/C9H20N2S/c1-5-8(9(10)12)11(4)6-7(2)3/h7-8H,5-6H2,1-4H3,(H2,10,12). The van der Waals surface area contributed by atoms with Gasteiger partial charge in [0.1, 0.15) is 0 Å². The highest BCUT2D eigenvalue weighted by Crippen LogP contribution is 2.05. The zero-order valence-corrected chi connectivity index (χ0v) is 9.32. The molecule has 0 fully saturated rings. The van der Waals surface area contributed by atoms with Crippen molar-refractivity contribution < 1.29 is 0 Å². The Morgan fingerprint density at radius 2 is 2.00 bits per heavy atom. The molecule has 0 aromatic rings. The molecule has 0 aromatic carbocycles. The maximum absolute atomic E-state index is 5.61. The fourth-order valence-electron chi connectivity index (χ4n) is 1.43. The van der Waals surface area contributed by atoms with Crippen LogP contribution in [0, 0.1) is 5.92 Å². The van der Waals surface area contributed by atoms with Crippen LogP contribution in [0.1, 0.15) is 27.2 Å². The third-order valence-electron chi connectivity index (χ3n) is 1.90. The summed E-state index contributed by atoms with van der Waals surface area (Å²) in [5.74, 6) is 0.665. The van der Waals surface area contributed by atoms with E-state index in [-0.39, 0.29) is 6.04 Å². The highest BCUT2D eigenvalue weighted by Gasteiger charge is 2.15. The van der Waals surface area contributed by atoms with E-state index in [1.165, 1.54) is 0 Å². The van der Waals surface area contributed by atoms with Crippen molar-refractivity contribution in [3.05, 3.63) is 0 Å². The quantitative estimate of drug-likeness (QED) is 0.665. The first kappa shape index (κ1) is 11.8. The first-order chi connectivity index (χ1) is 5.49. The minimum absolute atomic E-state index is 0.266. The van der Waals surface area contributed by atoms with E-state index in [9.17, 15) is 0 Å². The molecule has 0 spiro atoms. The normalized spacial score (nSPS) is 13.8. The van der Waals surface area contributed by atoms with Crippen LogP contribution in [-0.4, -0.2) is 29.5 Å². The fourth-order valence-corrected chi connectivity index (χ4v) is 1.78. The van der Waals surface area contributed by atoms with Gasteiger partial charge in [0.2, 0.25) is 0 Å². The van der Waals surface area contributed by atoms with Crippen LogP contribution in [-0.2, 0) is 0 Å². The molecular formula is C9H20N2S. The average Bonchev–Trinajstić information content (AvgIpc) is 1.85. The lowest BCUT2D eigenvalue weighted by atomic mass is 10.1. The van der Waals surface area contributed by atoms with E-state index in [0.29, 0.717) is 10.9 Å². The number of thiocarbonyl (C=S) groups is 1. The van der Waals surface area contributed by atoms with Crippen LogP contribution in [0.3, 0.4) is 0 Å². The van der Waals surface area contributed by atoms with Crippen LogP contribution in [0.5, 0.6) is 0 Å². The molecule has 0 aliphatic heterocycles. The summed E-state index contributed by atoms with van der Waals surface area (Å²) < 4.78 is 0. The maximum Gasteiger partial charge on any atom is 0.0901 e. The Kier molecular flexibility index (Phi) is 5.42. The lowest BCUT2D eigenvalue weighted by molar-refractivity contribution is 0.260. The summed E-state index contributed by atoms with van der Waals surface area (Å²) in [6, 6.07) is 0.266. The van der Waals surface area contributed by atoms with Gasteiger partial charge in [-0.05, 0) is 19.4 Å². The third kappa shape index (κ3) is 4.02. The Labute approximate surface area is 81.1 Å². The van der Waals surface area contributed by atoms with Crippen LogP contribution in [0.4, 0.5) is 0 Å². The molecule has 0 radical (unpaired) electrons. The molecule has 2 nitrogen and oxygen atoms in total. The molecule has 0 heterocycles. The maximum atomic E-state index is 5.61. The molecule has 0 rings (SSSR count). The van der Waals surface area contributed by atoms with Gasteiger partial charge >= 0.3 is 0 Å². The Balaban J connectivity index is 4.02. The first-order valence-corrected chi connectivity index (χ1v) is 4.89. The van der Waals surface area contributed by atoms with Crippen molar-refractivity contribution in [3.8, 4) is 0 Å². The predicted octanol–water partition coefficient (Wildman–Crippen LogP) is 1.64. The molecule has 1 atom stereocenters. The van der Waals surface area contributed by atoms with Gasteiger partial charge in [-0.1, -0.05) is 33.0 Å². The lowest BCUT2D eigenvalue weighted by Gasteiger charge is -2.27. The minimum atomic E-state index is 0.266. The number of nitrogens with zero attached hydrogens (tertiary/aromatic N) is 1. The third-order valence-corrected chi connectivity index (χ3v) is 2.17. The van der Waals surface area contributed by atoms with Crippen molar-refractivity contribution in [1.29, 1.82) is 0 Å². The molecule has 0 aromatic heterocycles. The van der Waals surface area contributed by atoms with Gasteiger partial charge in [-0.15, -0.1) is 0 Å². The molecule has 3 heteroatoms. The summed E-state index contributed by atoms with van der Waals surface area (Å²) in [5, 5.41) is 0. The van der Waals surface area contributed by atoms with Gasteiger partial charge in [-0.3, -0.25) is 4.90 Å². The highest BCUT2D eigenvalue weighted by atomic mass is 32.1. The van der Waals surface area contributed by atoms with Crippen molar-refractivity contribution in [1.82, 2.24) is 4.90 Å². The summed E-state index contributed by atoms with van der Waals surface area (Å²) in [6.45, 7) is 7.56. The molecule has 0 bridgehead atoms. The van der Waals surface area contributed by atoms with Gasteiger partial charge in [0.15, 0.2) is 0 Å². The van der Waals surface area contributed by atoms with Crippen molar-refractivity contribution in [2.24, 2.45) is 11.7 Å². The van der Waals surface area contributed by atoms with Crippen molar-refractivity contribution in [3.63, 3.8) is 0 Å². The van der Waals surface area contributed by atoms with Crippen LogP contribution in [0.2, 0.25) is 0 Å². The molecule has 0 aliphatic carbocycles. The number of hydrogen-bond acceptors (Lipinski definition) is 2. The molecule has 12 heavy (non-hydrogen) atoms. The van der Waals surface area contributed by atoms with E-state index >= 15 is 0 Å². The van der Waals surface area contributed by atoms with Crippen LogP contribution >= 0.6 is 12.2 Å². The molecule has 72 valence electrons. The van der Waals surface area contributed by atoms with E-state index in [1.807, 2.05) is 0 Å².